The van der Waals surface area contributed by atoms with Crippen molar-refractivity contribution < 1.29 is 22.0 Å². The maximum Gasteiger partial charge on any atom is 0.233 e. The van der Waals surface area contributed by atoms with Gasteiger partial charge in [0.1, 0.15) is 0 Å². The van der Waals surface area contributed by atoms with Crippen molar-refractivity contribution in [1.29, 1.82) is 0 Å². The fourth-order valence-electron chi connectivity index (χ4n) is 3.13. The molecule has 10 heteroatoms. The van der Waals surface area contributed by atoms with Crippen molar-refractivity contribution in [2.24, 2.45) is 5.92 Å². The largest absolute Gasteiger partial charge is 0.338 e. The molecule has 2 aromatic rings. The lowest BCUT2D eigenvalue weighted by atomic mass is 10.1. The molecule has 1 aromatic carbocycles. The van der Waals surface area contributed by atoms with Crippen molar-refractivity contribution in [3.05, 3.63) is 23.8 Å². The number of nitrogens with zero attached hydrogens (tertiary/aromatic N) is 2. The van der Waals surface area contributed by atoms with E-state index >= 15 is 0 Å². The molecule has 0 bridgehead atoms. The first-order valence-corrected chi connectivity index (χ1v) is 11.4. The quantitative estimate of drug-likeness (QED) is 0.731. The molecule has 1 atom stereocenters. The number of thioether (sulfide) groups is 1. The fourth-order valence-corrected chi connectivity index (χ4v) is 5.63. The van der Waals surface area contributed by atoms with E-state index < -0.39 is 21.5 Å². The summed E-state index contributed by atoms with van der Waals surface area (Å²) in [6.45, 7) is 4.43. The average molecular weight is 418 g/mol. The van der Waals surface area contributed by atoms with Crippen molar-refractivity contribution in [2.75, 3.05) is 23.8 Å². The topological polar surface area (TPSA) is 83.1 Å². The molecule has 1 unspecified atom stereocenters. The zero-order valence-corrected chi connectivity index (χ0v) is 16.7. The number of halogens is 2. The summed E-state index contributed by atoms with van der Waals surface area (Å²) in [7, 11) is -3.09. The second kappa shape index (κ2) is 7.75. The predicted octanol–water partition coefficient (Wildman–Crippen LogP) is 2.60. The minimum atomic E-state index is -3.09. The van der Waals surface area contributed by atoms with Gasteiger partial charge in [-0.3, -0.25) is 4.79 Å². The maximum atomic E-state index is 13.3. The predicted molar refractivity (Wildman–Crippen MR) is 100 cm³/mol. The highest BCUT2D eigenvalue weighted by atomic mass is 32.2. The van der Waals surface area contributed by atoms with Gasteiger partial charge in [0.25, 0.3) is 0 Å². The molecule has 27 heavy (non-hydrogen) atoms. The number of carbonyl (C=O) groups excluding carboxylic acids is 1. The lowest BCUT2D eigenvalue weighted by molar-refractivity contribution is -0.130. The Labute approximate surface area is 160 Å². The summed E-state index contributed by atoms with van der Waals surface area (Å²) in [5.41, 5.74) is 0.634. The van der Waals surface area contributed by atoms with Crippen LogP contribution in [0.2, 0.25) is 0 Å². The van der Waals surface area contributed by atoms with Crippen molar-refractivity contribution in [3.63, 3.8) is 0 Å². The minimum Gasteiger partial charge on any atom is -0.338 e. The van der Waals surface area contributed by atoms with Gasteiger partial charge >= 0.3 is 0 Å². The highest BCUT2D eigenvalue weighted by Gasteiger charge is 2.34. The lowest BCUT2D eigenvalue weighted by Gasteiger charge is -2.29. The summed E-state index contributed by atoms with van der Waals surface area (Å²) in [5.74, 6) is -1.75. The molecule has 0 aliphatic carbocycles. The minimum absolute atomic E-state index is 0.000677. The highest BCUT2D eigenvalue weighted by molar-refractivity contribution is 7.99. The number of hydrogen-bond acceptors (Lipinski definition) is 5. The third kappa shape index (κ3) is 4.78. The average Bonchev–Trinajstić information content (AvgIpc) is 3.13. The van der Waals surface area contributed by atoms with Gasteiger partial charge < -0.3 is 9.88 Å². The Morgan fingerprint density at radius 2 is 2.07 bits per heavy atom. The van der Waals surface area contributed by atoms with Gasteiger partial charge in [0.15, 0.2) is 26.6 Å². The van der Waals surface area contributed by atoms with Crippen molar-refractivity contribution in [2.45, 2.75) is 31.5 Å². The van der Waals surface area contributed by atoms with E-state index in [1.54, 1.807) is 4.90 Å². The molecule has 1 saturated heterocycles. The van der Waals surface area contributed by atoms with E-state index in [1.165, 1.54) is 0 Å². The van der Waals surface area contributed by atoms with Crippen LogP contribution in [0.15, 0.2) is 17.3 Å². The summed E-state index contributed by atoms with van der Waals surface area (Å²) in [6, 6.07) is 1.73. The molecule has 3 rings (SSSR count). The molecule has 0 saturated carbocycles. The monoisotopic (exact) mass is 417 g/mol. The Bertz CT molecular complexity index is 921. The Kier molecular flexibility index (Phi) is 5.76. The van der Waals surface area contributed by atoms with Gasteiger partial charge in [0, 0.05) is 24.7 Å². The smallest absolute Gasteiger partial charge is 0.233 e. The first-order chi connectivity index (χ1) is 12.6. The van der Waals surface area contributed by atoms with Crippen molar-refractivity contribution in [1.82, 2.24) is 14.9 Å². The number of imidazole rings is 1. The number of carbonyl (C=O) groups is 1. The van der Waals surface area contributed by atoms with Crippen LogP contribution in [-0.4, -0.2) is 59.0 Å². The van der Waals surface area contributed by atoms with Gasteiger partial charge in [0.05, 0.1) is 28.3 Å². The van der Waals surface area contributed by atoms with E-state index in [9.17, 15) is 22.0 Å². The number of nitrogens with one attached hydrogen (secondary N) is 1. The number of sulfone groups is 1. The van der Waals surface area contributed by atoms with Gasteiger partial charge in [-0.25, -0.2) is 22.2 Å². The number of amides is 1. The molecule has 148 valence electrons. The molecular formula is C17H21F2N3O3S2. The molecule has 1 N–H and O–H groups in total. The first-order valence-electron chi connectivity index (χ1n) is 8.62. The standard InChI is InChI=1S/C17H21F2N3O3S2/c1-10(2)7-22(11-3-4-27(24,25)9-11)16(23)8-26-17-20-14-5-12(18)13(19)6-15(14)21-17/h5-6,10-11H,3-4,7-9H2,1-2H3,(H,20,21). The molecule has 2 heterocycles. The highest BCUT2D eigenvalue weighted by Crippen LogP contribution is 2.24. The number of benzene rings is 1. The summed E-state index contributed by atoms with van der Waals surface area (Å²) in [6.07, 6.45) is 0.453. The van der Waals surface area contributed by atoms with Crippen LogP contribution in [0.1, 0.15) is 20.3 Å². The van der Waals surface area contributed by atoms with Gasteiger partial charge in [-0.2, -0.15) is 0 Å². The van der Waals surface area contributed by atoms with Crippen LogP contribution >= 0.6 is 11.8 Å². The van der Waals surface area contributed by atoms with Gasteiger partial charge in [-0.05, 0) is 12.3 Å². The van der Waals surface area contributed by atoms with Crippen LogP contribution in [-0.2, 0) is 14.6 Å². The van der Waals surface area contributed by atoms with Gasteiger partial charge in [-0.1, -0.05) is 25.6 Å². The van der Waals surface area contributed by atoms with E-state index in [4.69, 9.17) is 0 Å². The second-order valence-electron chi connectivity index (χ2n) is 7.11. The fraction of sp³-hybridized carbons (Fsp3) is 0.529. The van der Waals surface area contributed by atoms with E-state index in [1.807, 2.05) is 13.8 Å². The molecule has 0 spiro atoms. The van der Waals surface area contributed by atoms with E-state index in [0.717, 1.165) is 23.9 Å². The zero-order chi connectivity index (χ0) is 19.8. The van der Waals surface area contributed by atoms with Crippen LogP contribution in [0.4, 0.5) is 8.78 Å². The van der Waals surface area contributed by atoms with Crippen molar-refractivity contribution in [3.8, 4) is 0 Å². The molecule has 1 fully saturated rings. The van der Waals surface area contributed by atoms with Gasteiger partial charge in [0.2, 0.25) is 5.91 Å². The van der Waals surface area contributed by atoms with Crippen LogP contribution in [0.25, 0.3) is 11.0 Å². The number of hydrogen-bond donors (Lipinski definition) is 1. The number of H-pyrrole nitrogens is 1. The third-order valence-corrected chi connectivity index (χ3v) is 6.97. The van der Waals surface area contributed by atoms with Crippen LogP contribution in [0.3, 0.4) is 0 Å². The van der Waals surface area contributed by atoms with E-state index in [2.05, 4.69) is 9.97 Å². The summed E-state index contributed by atoms with van der Waals surface area (Å²) >= 11 is 1.13. The Morgan fingerprint density at radius 3 is 2.70 bits per heavy atom. The Morgan fingerprint density at radius 1 is 1.37 bits per heavy atom. The summed E-state index contributed by atoms with van der Waals surface area (Å²) in [4.78, 5) is 21.4. The molecule has 0 radical (unpaired) electrons. The zero-order valence-electron chi connectivity index (χ0n) is 15.0. The third-order valence-electron chi connectivity index (χ3n) is 4.37. The van der Waals surface area contributed by atoms with Crippen LogP contribution < -0.4 is 0 Å². The van der Waals surface area contributed by atoms with Crippen molar-refractivity contribution >= 4 is 38.5 Å². The Hall–Kier alpha value is -1.68. The second-order valence-corrected chi connectivity index (χ2v) is 10.3. The summed E-state index contributed by atoms with van der Waals surface area (Å²) < 4.78 is 50.1. The number of fused-ring (bicyclic) bond motifs is 1. The molecule has 1 amide bonds. The molecule has 1 aromatic heterocycles. The SMILES string of the molecule is CC(C)CN(C(=O)CSc1nc2cc(F)c(F)cc2[nH]1)C1CCS(=O)(=O)C1. The van der Waals surface area contributed by atoms with Gasteiger partial charge in [-0.15, -0.1) is 0 Å². The molecule has 6 nitrogen and oxygen atoms in total. The normalized spacial score (nSPS) is 19.1. The summed E-state index contributed by atoms with van der Waals surface area (Å²) in [5, 5.41) is 0.381. The molecule has 1 aliphatic rings. The lowest BCUT2D eigenvalue weighted by Crippen LogP contribution is -2.44. The number of aromatic nitrogens is 2. The van der Waals surface area contributed by atoms with Crippen LogP contribution in [0.5, 0.6) is 0 Å². The molecule has 1 aliphatic heterocycles. The Balaban J connectivity index is 1.70. The maximum absolute atomic E-state index is 13.3. The van der Waals surface area contributed by atoms with E-state index in [0.29, 0.717) is 23.6 Å². The molecular weight excluding hydrogens is 396 g/mol. The van der Waals surface area contributed by atoms with E-state index in [-0.39, 0.29) is 40.6 Å². The first kappa shape index (κ1) is 20.1. The number of aromatic amines is 1. The number of rotatable bonds is 6. The van der Waals surface area contributed by atoms with Crippen LogP contribution in [0, 0.1) is 17.6 Å².